The van der Waals surface area contributed by atoms with Crippen molar-refractivity contribution >= 4 is 63.9 Å². The lowest BCUT2D eigenvalue weighted by molar-refractivity contribution is -0.136. The van der Waals surface area contributed by atoms with Crippen LogP contribution in [0.5, 0.6) is 0 Å². The Balaban J connectivity index is 0.744. The van der Waals surface area contributed by atoms with Gasteiger partial charge in [-0.25, -0.2) is 4.85 Å². The molecule has 6 aliphatic rings. The number of hydrogen-bond acceptors (Lipinski definition) is 9. The lowest BCUT2D eigenvalue weighted by Crippen LogP contribution is -2.54. The lowest BCUT2D eigenvalue weighted by atomic mass is 9.77. The monoisotopic (exact) mass is 816 g/mol. The van der Waals surface area contributed by atoms with Crippen LogP contribution in [0.1, 0.15) is 82.4 Å². The van der Waals surface area contributed by atoms with E-state index in [1.807, 2.05) is 41.3 Å². The van der Waals surface area contributed by atoms with E-state index >= 15 is 0 Å². The van der Waals surface area contributed by atoms with Crippen molar-refractivity contribution in [3.8, 4) is 0 Å². The van der Waals surface area contributed by atoms with Crippen LogP contribution in [-0.4, -0.2) is 122 Å². The Hall–Kier alpha value is -5.45. The fraction of sp³-hybridized carbons (Fsp3) is 0.467. The summed E-state index contributed by atoms with van der Waals surface area (Å²) in [5, 5.41) is 2.76. The van der Waals surface area contributed by atoms with Gasteiger partial charge in [-0.1, -0.05) is 17.7 Å². The highest BCUT2D eigenvalue weighted by atomic mass is 35.5. The lowest BCUT2D eigenvalue weighted by Gasteiger charge is -2.40. The molecule has 306 valence electrons. The van der Waals surface area contributed by atoms with Gasteiger partial charge >= 0.3 is 0 Å². The van der Waals surface area contributed by atoms with Crippen LogP contribution in [0.25, 0.3) is 4.85 Å². The highest BCUT2D eigenvalue weighted by Gasteiger charge is 2.45. The summed E-state index contributed by atoms with van der Waals surface area (Å²) in [5.41, 5.74) is 5.24. The van der Waals surface area contributed by atoms with Crippen molar-refractivity contribution in [1.29, 1.82) is 0 Å². The van der Waals surface area contributed by atoms with Crippen LogP contribution in [0.2, 0.25) is 5.02 Å². The molecule has 59 heavy (non-hydrogen) atoms. The summed E-state index contributed by atoms with van der Waals surface area (Å²) in [6, 6.07) is 18.7. The number of anilines is 3. The van der Waals surface area contributed by atoms with Crippen LogP contribution >= 0.6 is 11.6 Å². The number of nitrogens with zero attached hydrogens (tertiary/aromatic N) is 7. The zero-order valence-corrected chi connectivity index (χ0v) is 34.0. The van der Waals surface area contributed by atoms with Crippen molar-refractivity contribution in [3.05, 3.63) is 93.8 Å². The van der Waals surface area contributed by atoms with E-state index in [4.69, 9.17) is 18.2 Å². The molecule has 3 aromatic carbocycles. The Morgan fingerprint density at radius 3 is 2.08 bits per heavy atom. The maximum absolute atomic E-state index is 13.7. The topological polar surface area (TPSA) is 121 Å². The van der Waals surface area contributed by atoms with Gasteiger partial charge in [0.25, 0.3) is 17.7 Å². The summed E-state index contributed by atoms with van der Waals surface area (Å²) in [6.45, 7) is 16.1. The fourth-order valence-corrected chi connectivity index (χ4v) is 10.5. The van der Waals surface area contributed by atoms with Gasteiger partial charge in [-0.3, -0.25) is 39.1 Å². The zero-order valence-electron chi connectivity index (χ0n) is 33.2. The molecule has 0 radical (unpaired) electrons. The van der Waals surface area contributed by atoms with Gasteiger partial charge in [0.2, 0.25) is 17.5 Å². The van der Waals surface area contributed by atoms with E-state index in [0.29, 0.717) is 34.4 Å². The van der Waals surface area contributed by atoms with Gasteiger partial charge in [-0.2, -0.15) is 0 Å². The third-order valence-electron chi connectivity index (χ3n) is 13.7. The average Bonchev–Trinajstić information content (AvgIpc) is 3.65. The molecule has 9 rings (SSSR count). The highest BCUT2D eigenvalue weighted by molar-refractivity contribution is 6.33. The number of fused-ring (bicyclic) bond motifs is 1. The predicted octanol–water partition coefficient (Wildman–Crippen LogP) is 5.61. The second-order valence-electron chi connectivity index (χ2n) is 17.0. The van der Waals surface area contributed by atoms with Gasteiger partial charge in [0.15, 0.2) is 0 Å². The number of imide groups is 2. The third-order valence-corrected chi connectivity index (χ3v) is 14.0. The normalized spacial score (nSPS) is 22.8. The number of halogens is 1. The number of piperidine rings is 3. The molecule has 1 unspecified atom stereocenters. The number of benzene rings is 3. The summed E-state index contributed by atoms with van der Waals surface area (Å²) < 4.78 is 0. The fourth-order valence-electron chi connectivity index (χ4n) is 10.2. The van der Waals surface area contributed by atoms with Crippen LogP contribution in [0.4, 0.5) is 22.7 Å². The van der Waals surface area contributed by atoms with Crippen molar-refractivity contribution < 1.29 is 24.0 Å². The molecule has 1 N–H and O–H groups in total. The number of amides is 5. The van der Waals surface area contributed by atoms with E-state index in [1.54, 1.807) is 12.1 Å². The Bertz CT molecular complexity index is 2230. The summed E-state index contributed by atoms with van der Waals surface area (Å²) in [5.74, 6) is -1.90. The van der Waals surface area contributed by atoms with Gasteiger partial charge in [0, 0.05) is 106 Å². The molecule has 5 amide bonds. The van der Waals surface area contributed by atoms with Crippen LogP contribution in [0, 0.1) is 12.0 Å². The number of carbonyl (C=O) groups is 5. The number of nitrogens with one attached hydrogen (secondary N) is 1. The minimum Gasteiger partial charge on any atom is -0.371 e. The van der Waals surface area contributed by atoms with Crippen molar-refractivity contribution in [2.75, 3.05) is 80.1 Å². The quantitative estimate of drug-likeness (QED) is 0.250. The first-order valence-electron chi connectivity index (χ1n) is 21.0. The number of hydrogen-bond donors (Lipinski definition) is 1. The molecule has 6 heterocycles. The van der Waals surface area contributed by atoms with E-state index in [1.165, 1.54) is 0 Å². The Morgan fingerprint density at radius 2 is 1.37 bits per heavy atom. The second-order valence-corrected chi connectivity index (χ2v) is 17.4. The third kappa shape index (κ3) is 7.53. The summed E-state index contributed by atoms with van der Waals surface area (Å²) >= 11 is 6.35. The number of carbonyl (C=O) groups excluding carboxylic acids is 5. The molecule has 14 heteroatoms. The van der Waals surface area contributed by atoms with Crippen LogP contribution in [-0.2, 0) is 9.59 Å². The molecule has 13 nitrogen and oxygen atoms in total. The van der Waals surface area contributed by atoms with Crippen LogP contribution in [0.15, 0.2) is 60.7 Å². The zero-order chi connectivity index (χ0) is 40.8. The highest BCUT2D eigenvalue weighted by Crippen LogP contribution is 2.44. The van der Waals surface area contributed by atoms with Gasteiger partial charge in [-0.15, -0.1) is 0 Å². The minimum absolute atomic E-state index is 0.0854. The molecule has 0 aromatic heterocycles. The molecule has 6 aliphatic heterocycles. The van der Waals surface area contributed by atoms with Crippen molar-refractivity contribution in [1.82, 2.24) is 20.0 Å². The smallest absolute Gasteiger partial charge is 0.262 e. The van der Waals surface area contributed by atoms with E-state index < -0.39 is 29.7 Å². The maximum Gasteiger partial charge on any atom is 0.262 e. The maximum atomic E-state index is 13.7. The molecule has 1 spiro atoms. The standard InChI is InChI=1S/C45H49ClN8O5/c1-47-38-10-8-34(28-37(38)46)53-24-17-45(29-53)15-22-51(23-16-45)31-5-3-30(4-6-31)42(57)52-19-2-18-49(25-26-52)32-13-20-50(21-14-32)33-7-9-35-36(27-33)44(59)54(43(35)58)39-11-12-40(55)48-41(39)56/h3-10,27-28,32,39H,2,11-26,29H2,(H,48,55,56). The van der Waals surface area contributed by atoms with Crippen LogP contribution < -0.4 is 20.0 Å². The predicted molar refractivity (Wildman–Crippen MR) is 225 cm³/mol. The van der Waals surface area contributed by atoms with E-state index in [9.17, 15) is 24.0 Å². The van der Waals surface area contributed by atoms with Gasteiger partial charge in [-0.05, 0) is 105 Å². The molecule has 1 atom stereocenters. The molecule has 5 saturated heterocycles. The first-order chi connectivity index (χ1) is 28.6. The van der Waals surface area contributed by atoms with E-state index in [0.717, 1.165) is 125 Å². The van der Waals surface area contributed by atoms with Crippen LogP contribution in [0.3, 0.4) is 0 Å². The van der Waals surface area contributed by atoms with Gasteiger partial charge in [0.1, 0.15) is 6.04 Å². The summed E-state index contributed by atoms with van der Waals surface area (Å²) in [4.78, 5) is 80.6. The minimum atomic E-state index is -0.978. The molecular formula is C45H49ClN8O5. The first kappa shape index (κ1) is 39.0. The largest absolute Gasteiger partial charge is 0.371 e. The van der Waals surface area contributed by atoms with Crippen molar-refractivity contribution in [3.63, 3.8) is 0 Å². The van der Waals surface area contributed by atoms with E-state index in [2.05, 4.69) is 41.9 Å². The molecule has 0 bridgehead atoms. The Kier molecular flexibility index (Phi) is 10.6. The van der Waals surface area contributed by atoms with Gasteiger partial charge in [0.05, 0.1) is 17.7 Å². The molecular weight excluding hydrogens is 768 g/mol. The van der Waals surface area contributed by atoms with Gasteiger partial charge < -0.3 is 19.6 Å². The number of rotatable bonds is 6. The Labute approximate surface area is 349 Å². The molecule has 5 fully saturated rings. The Morgan fingerprint density at radius 1 is 0.712 bits per heavy atom. The average molecular weight is 817 g/mol. The molecule has 0 aliphatic carbocycles. The first-order valence-corrected chi connectivity index (χ1v) is 21.4. The van der Waals surface area contributed by atoms with E-state index in [-0.39, 0.29) is 24.2 Å². The SMILES string of the molecule is [C-]#[N+]c1ccc(N2CCC3(CCN(c4ccc(C(=O)N5CCCN(C6CCN(c7ccc8c(c7)C(=O)N(C7CCC(=O)NC7=O)C8=O)CC6)CC5)cc4)CC3)C2)cc1Cl. The summed E-state index contributed by atoms with van der Waals surface area (Å²) in [6.07, 6.45) is 6.43. The summed E-state index contributed by atoms with van der Waals surface area (Å²) in [7, 11) is 0. The molecule has 0 saturated carbocycles. The molecule has 3 aromatic rings. The van der Waals surface area contributed by atoms with Crippen molar-refractivity contribution in [2.24, 2.45) is 5.41 Å². The second kappa shape index (κ2) is 16.0. The van der Waals surface area contributed by atoms with Crippen molar-refractivity contribution in [2.45, 2.75) is 63.5 Å².